The standard InChI is InChI=1S/C7H15NO/c8-5-6-3-1-2-4-7(6)9/h6-7,9H,1-5,8H2/t6?,7-/m0/s1. The largest absolute Gasteiger partial charge is 0.393 e. The molecule has 0 bridgehead atoms. The van der Waals surface area contributed by atoms with Gasteiger partial charge in [0.2, 0.25) is 0 Å². The van der Waals surface area contributed by atoms with Crippen molar-refractivity contribution in [3.05, 3.63) is 0 Å². The van der Waals surface area contributed by atoms with E-state index >= 15 is 0 Å². The summed E-state index contributed by atoms with van der Waals surface area (Å²) in [4.78, 5) is 0. The van der Waals surface area contributed by atoms with Gasteiger partial charge in [0.15, 0.2) is 0 Å². The molecule has 0 aliphatic heterocycles. The monoisotopic (exact) mass is 129 g/mol. The Morgan fingerprint density at radius 1 is 1.33 bits per heavy atom. The molecule has 9 heavy (non-hydrogen) atoms. The molecular formula is C7H15NO. The lowest BCUT2D eigenvalue weighted by Crippen LogP contribution is -2.30. The lowest BCUT2D eigenvalue weighted by Gasteiger charge is -2.25. The normalized spacial score (nSPS) is 36.7. The van der Waals surface area contributed by atoms with Crippen LogP contribution in [0.1, 0.15) is 25.7 Å². The zero-order valence-electron chi connectivity index (χ0n) is 5.71. The van der Waals surface area contributed by atoms with Crippen LogP contribution in [0.5, 0.6) is 0 Å². The van der Waals surface area contributed by atoms with Gasteiger partial charge in [-0.25, -0.2) is 0 Å². The van der Waals surface area contributed by atoms with Gasteiger partial charge in [-0.2, -0.15) is 0 Å². The van der Waals surface area contributed by atoms with Crippen LogP contribution in [0.2, 0.25) is 0 Å². The molecule has 0 spiro atoms. The van der Waals surface area contributed by atoms with Crippen molar-refractivity contribution in [2.24, 2.45) is 11.7 Å². The first-order valence-corrected chi connectivity index (χ1v) is 3.72. The van der Waals surface area contributed by atoms with E-state index in [-0.39, 0.29) is 6.10 Å². The topological polar surface area (TPSA) is 46.2 Å². The van der Waals surface area contributed by atoms with Crippen molar-refractivity contribution < 1.29 is 5.11 Å². The second-order valence-corrected chi connectivity index (χ2v) is 2.85. The molecule has 2 atom stereocenters. The highest BCUT2D eigenvalue weighted by Crippen LogP contribution is 2.22. The highest BCUT2D eigenvalue weighted by Gasteiger charge is 2.20. The van der Waals surface area contributed by atoms with E-state index in [1.807, 2.05) is 0 Å². The van der Waals surface area contributed by atoms with E-state index in [0.29, 0.717) is 12.5 Å². The highest BCUT2D eigenvalue weighted by molar-refractivity contribution is 4.74. The van der Waals surface area contributed by atoms with Gasteiger partial charge in [0.05, 0.1) is 6.10 Å². The molecule has 1 rings (SSSR count). The summed E-state index contributed by atoms with van der Waals surface area (Å²) in [6, 6.07) is 0. The first-order valence-electron chi connectivity index (χ1n) is 3.72. The van der Waals surface area contributed by atoms with Gasteiger partial charge in [0, 0.05) is 0 Å². The van der Waals surface area contributed by atoms with Crippen molar-refractivity contribution >= 4 is 0 Å². The molecule has 3 N–H and O–H groups in total. The van der Waals surface area contributed by atoms with Gasteiger partial charge in [-0.05, 0) is 25.3 Å². The van der Waals surface area contributed by atoms with Gasteiger partial charge in [-0.1, -0.05) is 12.8 Å². The Bertz CT molecular complexity index is 85.0. The first kappa shape index (κ1) is 7.03. The zero-order valence-corrected chi connectivity index (χ0v) is 5.71. The summed E-state index contributed by atoms with van der Waals surface area (Å²) in [6.07, 6.45) is 4.40. The van der Waals surface area contributed by atoms with Crippen molar-refractivity contribution in [3.8, 4) is 0 Å². The Hall–Kier alpha value is -0.0800. The minimum absolute atomic E-state index is 0.108. The predicted molar refractivity (Wildman–Crippen MR) is 37.0 cm³/mol. The van der Waals surface area contributed by atoms with Crippen LogP contribution >= 0.6 is 0 Å². The van der Waals surface area contributed by atoms with Crippen LogP contribution < -0.4 is 5.73 Å². The third-order valence-corrected chi connectivity index (χ3v) is 2.17. The van der Waals surface area contributed by atoms with Gasteiger partial charge in [-0.3, -0.25) is 0 Å². The van der Waals surface area contributed by atoms with E-state index < -0.39 is 0 Å². The lowest BCUT2D eigenvalue weighted by molar-refractivity contribution is 0.0743. The van der Waals surface area contributed by atoms with Crippen LogP contribution in [0.25, 0.3) is 0 Å². The summed E-state index contributed by atoms with van der Waals surface area (Å²) < 4.78 is 0. The predicted octanol–water partition coefficient (Wildman–Crippen LogP) is 0.496. The quantitative estimate of drug-likeness (QED) is 0.541. The summed E-state index contributed by atoms with van der Waals surface area (Å²) in [5.41, 5.74) is 5.43. The molecule has 0 aromatic rings. The Labute approximate surface area is 56.1 Å². The van der Waals surface area contributed by atoms with E-state index in [4.69, 9.17) is 5.73 Å². The fourth-order valence-corrected chi connectivity index (χ4v) is 1.46. The first-order chi connectivity index (χ1) is 4.34. The third kappa shape index (κ3) is 1.66. The molecule has 1 aliphatic carbocycles. The maximum absolute atomic E-state index is 9.29. The summed E-state index contributed by atoms with van der Waals surface area (Å²) in [6.45, 7) is 0.654. The highest BCUT2D eigenvalue weighted by atomic mass is 16.3. The van der Waals surface area contributed by atoms with E-state index in [2.05, 4.69) is 0 Å². The Kier molecular flexibility index (Phi) is 2.49. The van der Waals surface area contributed by atoms with Crippen molar-refractivity contribution in [2.75, 3.05) is 6.54 Å². The number of rotatable bonds is 1. The van der Waals surface area contributed by atoms with Gasteiger partial charge in [0.25, 0.3) is 0 Å². The molecule has 0 aromatic heterocycles. The van der Waals surface area contributed by atoms with Gasteiger partial charge < -0.3 is 10.8 Å². The van der Waals surface area contributed by atoms with Crippen LogP contribution in [0, 0.1) is 5.92 Å². The molecule has 2 heteroatoms. The second kappa shape index (κ2) is 3.18. The number of nitrogens with two attached hydrogens (primary N) is 1. The zero-order chi connectivity index (χ0) is 6.69. The molecule has 54 valence electrons. The summed E-state index contributed by atoms with van der Waals surface area (Å²) in [5, 5.41) is 9.29. The fraction of sp³-hybridized carbons (Fsp3) is 1.00. The maximum atomic E-state index is 9.29. The molecule has 0 heterocycles. The number of aliphatic hydroxyl groups excluding tert-OH is 1. The van der Waals surface area contributed by atoms with Crippen LogP contribution in [-0.4, -0.2) is 17.8 Å². The van der Waals surface area contributed by atoms with Crippen molar-refractivity contribution in [2.45, 2.75) is 31.8 Å². The molecule has 2 nitrogen and oxygen atoms in total. The average molecular weight is 129 g/mol. The Morgan fingerprint density at radius 3 is 2.44 bits per heavy atom. The second-order valence-electron chi connectivity index (χ2n) is 2.85. The van der Waals surface area contributed by atoms with Crippen molar-refractivity contribution in [1.29, 1.82) is 0 Å². The minimum atomic E-state index is -0.108. The summed E-state index contributed by atoms with van der Waals surface area (Å²) in [7, 11) is 0. The SMILES string of the molecule is NCC1CCCC[C@@H]1O. The summed E-state index contributed by atoms with van der Waals surface area (Å²) >= 11 is 0. The number of aliphatic hydroxyl groups is 1. The molecule has 0 amide bonds. The molecular weight excluding hydrogens is 114 g/mol. The average Bonchev–Trinajstić information content (AvgIpc) is 1.89. The molecule has 1 aliphatic rings. The number of hydrogen-bond donors (Lipinski definition) is 2. The van der Waals surface area contributed by atoms with Crippen LogP contribution in [0.15, 0.2) is 0 Å². The molecule has 0 saturated heterocycles. The van der Waals surface area contributed by atoms with E-state index in [1.165, 1.54) is 12.8 Å². The minimum Gasteiger partial charge on any atom is -0.393 e. The van der Waals surface area contributed by atoms with E-state index in [0.717, 1.165) is 12.8 Å². The fourth-order valence-electron chi connectivity index (χ4n) is 1.46. The van der Waals surface area contributed by atoms with Gasteiger partial charge in [0.1, 0.15) is 0 Å². The van der Waals surface area contributed by atoms with Crippen molar-refractivity contribution in [3.63, 3.8) is 0 Å². The maximum Gasteiger partial charge on any atom is 0.0580 e. The molecule has 1 saturated carbocycles. The van der Waals surface area contributed by atoms with E-state index in [9.17, 15) is 5.11 Å². The molecule has 0 aromatic carbocycles. The van der Waals surface area contributed by atoms with Crippen LogP contribution in [0.4, 0.5) is 0 Å². The van der Waals surface area contributed by atoms with E-state index in [1.54, 1.807) is 0 Å². The van der Waals surface area contributed by atoms with Gasteiger partial charge in [-0.15, -0.1) is 0 Å². The van der Waals surface area contributed by atoms with Crippen LogP contribution in [0.3, 0.4) is 0 Å². The smallest absolute Gasteiger partial charge is 0.0580 e. The lowest BCUT2D eigenvalue weighted by atomic mass is 9.87. The van der Waals surface area contributed by atoms with Gasteiger partial charge >= 0.3 is 0 Å². The Morgan fingerprint density at radius 2 is 2.00 bits per heavy atom. The molecule has 1 fully saturated rings. The van der Waals surface area contributed by atoms with Crippen LogP contribution in [-0.2, 0) is 0 Å². The third-order valence-electron chi connectivity index (χ3n) is 2.17. The van der Waals surface area contributed by atoms with Crippen molar-refractivity contribution in [1.82, 2.24) is 0 Å². The molecule has 1 unspecified atom stereocenters. The molecule has 0 radical (unpaired) electrons. The number of hydrogen-bond acceptors (Lipinski definition) is 2. The summed E-state index contributed by atoms with van der Waals surface area (Å²) in [5.74, 6) is 0.388. The Balaban J connectivity index is 2.30.